The number of carboxylic acids is 1. The van der Waals surface area contributed by atoms with Gasteiger partial charge in [-0.25, -0.2) is 9.18 Å². The Morgan fingerprint density at radius 2 is 1.64 bits per heavy atom. The molecule has 3 atom stereocenters. The lowest BCUT2D eigenvalue weighted by Gasteiger charge is -2.14. The van der Waals surface area contributed by atoms with E-state index < -0.39 is 42.3 Å². The van der Waals surface area contributed by atoms with Crippen LogP contribution in [0.1, 0.15) is 102 Å². The van der Waals surface area contributed by atoms with Gasteiger partial charge in [0.25, 0.3) is 5.56 Å². The van der Waals surface area contributed by atoms with Crippen LogP contribution in [0.4, 0.5) is 4.39 Å². The summed E-state index contributed by atoms with van der Waals surface area (Å²) in [5.74, 6) is -0.657. The maximum Gasteiger partial charge on any atom is 0.330 e. The summed E-state index contributed by atoms with van der Waals surface area (Å²) in [7, 11) is 0. The molecule has 1 aromatic heterocycles. The van der Waals surface area contributed by atoms with Gasteiger partial charge in [-0.05, 0) is 13.3 Å². The van der Waals surface area contributed by atoms with Crippen LogP contribution >= 0.6 is 0 Å². The molecule has 0 aromatic carbocycles. The van der Waals surface area contributed by atoms with Crippen molar-refractivity contribution in [2.45, 2.75) is 116 Å². The van der Waals surface area contributed by atoms with E-state index in [0.717, 1.165) is 17.4 Å². The molecule has 3 N–H and O–H groups in total. The Balaban J connectivity index is 0.000000331. The molecule has 1 fully saturated rings. The van der Waals surface area contributed by atoms with Crippen molar-refractivity contribution < 1.29 is 24.1 Å². The van der Waals surface area contributed by atoms with Crippen molar-refractivity contribution in [2.24, 2.45) is 0 Å². The van der Waals surface area contributed by atoms with Crippen LogP contribution in [-0.2, 0) is 9.53 Å². The number of carboxylic acid groups (broad SMARTS) is 1. The van der Waals surface area contributed by atoms with Gasteiger partial charge >= 0.3 is 11.7 Å². The van der Waals surface area contributed by atoms with Gasteiger partial charge in [-0.15, -0.1) is 0 Å². The molecule has 190 valence electrons. The van der Waals surface area contributed by atoms with Crippen molar-refractivity contribution in [3.63, 3.8) is 0 Å². The van der Waals surface area contributed by atoms with Gasteiger partial charge in [-0.3, -0.25) is 19.1 Å². The maximum absolute atomic E-state index is 13.4. The number of nitrogens with one attached hydrogen (secondary N) is 1. The number of aryl methyl sites for hydroxylation is 1. The van der Waals surface area contributed by atoms with Gasteiger partial charge < -0.3 is 14.9 Å². The number of aliphatic hydroxyl groups excluding tert-OH is 1. The van der Waals surface area contributed by atoms with E-state index in [1.165, 1.54) is 64.0 Å². The zero-order chi connectivity index (χ0) is 24.6. The monoisotopic (exact) mass is 472 g/mol. The number of unbranched alkanes of at least 4 members (excludes halogenated alkanes) is 10. The Hall–Kier alpha value is -2.00. The van der Waals surface area contributed by atoms with Gasteiger partial charge in [0.2, 0.25) is 0 Å². The Labute approximate surface area is 195 Å². The Bertz CT molecular complexity index is 794. The molecule has 9 heteroatoms. The summed E-state index contributed by atoms with van der Waals surface area (Å²) in [5, 5.41) is 17.3. The van der Waals surface area contributed by atoms with Gasteiger partial charge in [0, 0.05) is 24.6 Å². The summed E-state index contributed by atoms with van der Waals surface area (Å²) < 4.78 is 19.7. The standard InChI is InChI=1S/C14H28O2.C10H13FN2O4/c1-2-3-4-5-6-7-8-9-10-11-12-13-14(15)16;1-5-3-13(10(16)12-9(5)15)8-2-6(11)7(4-14)17-8/h2-13H2,1H3,(H,15,16);3,6-8,14H,2,4H2,1H3,(H,12,15,16)/t;6-,7+,8+/m.0/s1. The zero-order valence-corrected chi connectivity index (χ0v) is 20.1. The molecule has 1 aliphatic rings. The number of nitrogens with zero attached hydrogens (tertiary/aromatic N) is 1. The van der Waals surface area contributed by atoms with Crippen molar-refractivity contribution in [2.75, 3.05) is 6.61 Å². The molecule has 0 saturated carbocycles. The lowest BCUT2D eigenvalue weighted by atomic mass is 10.1. The average molecular weight is 473 g/mol. The molecule has 2 rings (SSSR count). The fourth-order valence-electron chi connectivity index (χ4n) is 3.76. The number of aromatic amines is 1. The van der Waals surface area contributed by atoms with Crippen LogP contribution in [-0.4, -0.2) is 44.6 Å². The van der Waals surface area contributed by atoms with E-state index in [4.69, 9.17) is 14.9 Å². The molecule has 0 unspecified atom stereocenters. The average Bonchev–Trinajstić information content (AvgIpc) is 3.15. The van der Waals surface area contributed by atoms with E-state index in [9.17, 15) is 18.8 Å². The summed E-state index contributed by atoms with van der Waals surface area (Å²) in [4.78, 5) is 35.1. The second-order valence-corrected chi connectivity index (χ2v) is 8.72. The molecule has 8 nitrogen and oxygen atoms in total. The van der Waals surface area contributed by atoms with Crippen molar-refractivity contribution in [1.29, 1.82) is 0 Å². The number of aliphatic carboxylic acids is 1. The van der Waals surface area contributed by atoms with Crippen LogP contribution in [0.5, 0.6) is 0 Å². The lowest BCUT2D eigenvalue weighted by molar-refractivity contribution is -0.137. The first-order valence-electron chi connectivity index (χ1n) is 12.2. The van der Waals surface area contributed by atoms with E-state index >= 15 is 0 Å². The predicted molar refractivity (Wildman–Crippen MR) is 125 cm³/mol. The van der Waals surface area contributed by atoms with Crippen LogP contribution < -0.4 is 11.2 Å². The number of H-pyrrole nitrogens is 1. The fraction of sp³-hybridized carbons (Fsp3) is 0.792. The van der Waals surface area contributed by atoms with Gasteiger partial charge in [0.05, 0.1) is 6.61 Å². The second-order valence-electron chi connectivity index (χ2n) is 8.72. The number of hydrogen-bond donors (Lipinski definition) is 3. The van der Waals surface area contributed by atoms with Gasteiger partial charge in [0.15, 0.2) is 0 Å². The van der Waals surface area contributed by atoms with E-state index in [-0.39, 0.29) is 6.42 Å². The molecule has 1 aliphatic heterocycles. The van der Waals surface area contributed by atoms with Crippen LogP contribution in [0.2, 0.25) is 0 Å². The van der Waals surface area contributed by atoms with Crippen molar-refractivity contribution >= 4 is 5.97 Å². The smallest absolute Gasteiger partial charge is 0.330 e. The number of alkyl halides is 1. The highest BCUT2D eigenvalue weighted by Gasteiger charge is 2.36. The fourth-order valence-corrected chi connectivity index (χ4v) is 3.76. The Morgan fingerprint density at radius 1 is 1.09 bits per heavy atom. The molecule has 0 aliphatic carbocycles. The quantitative estimate of drug-likeness (QED) is 0.348. The van der Waals surface area contributed by atoms with Crippen LogP contribution in [0.15, 0.2) is 15.8 Å². The molecular formula is C24H41FN2O6. The van der Waals surface area contributed by atoms with Gasteiger partial charge in [0.1, 0.15) is 18.5 Å². The minimum absolute atomic E-state index is 0.0172. The van der Waals surface area contributed by atoms with Crippen molar-refractivity contribution in [3.05, 3.63) is 32.6 Å². The molecule has 2 heterocycles. The third-order valence-corrected chi connectivity index (χ3v) is 5.79. The third-order valence-electron chi connectivity index (χ3n) is 5.79. The highest BCUT2D eigenvalue weighted by Crippen LogP contribution is 2.29. The summed E-state index contributed by atoms with van der Waals surface area (Å²) in [5.41, 5.74) is -0.771. The first-order valence-corrected chi connectivity index (χ1v) is 12.2. The minimum atomic E-state index is -1.32. The third kappa shape index (κ3) is 11.6. The summed E-state index contributed by atoms with van der Waals surface area (Å²) in [6.07, 6.45) is 12.7. The normalized spacial score (nSPS) is 19.8. The number of carbonyl (C=O) groups is 1. The topological polar surface area (TPSA) is 122 Å². The number of rotatable bonds is 14. The van der Waals surface area contributed by atoms with Crippen LogP contribution in [0, 0.1) is 6.92 Å². The summed E-state index contributed by atoms with van der Waals surface area (Å²) in [6.45, 7) is 3.35. The molecule has 1 saturated heterocycles. The molecule has 0 spiro atoms. The molecule has 1 aromatic rings. The second kappa shape index (κ2) is 16.6. The minimum Gasteiger partial charge on any atom is -0.481 e. The molecule has 0 radical (unpaired) electrons. The predicted octanol–water partition coefficient (Wildman–Crippen LogP) is 4.24. The summed E-state index contributed by atoms with van der Waals surface area (Å²) >= 11 is 0. The number of halogens is 1. The maximum atomic E-state index is 13.4. The van der Waals surface area contributed by atoms with Crippen molar-refractivity contribution in [3.8, 4) is 0 Å². The van der Waals surface area contributed by atoms with E-state index in [0.29, 0.717) is 12.0 Å². The highest BCUT2D eigenvalue weighted by molar-refractivity contribution is 5.66. The van der Waals surface area contributed by atoms with Crippen LogP contribution in [0.3, 0.4) is 0 Å². The number of aliphatic hydroxyl groups is 1. The summed E-state index contributed by atoms with van der Waals surface area (Å²) in [6, 6.07) is 0. The van der Waals surface area contributed by atoms with Gasteiger partial charge in [-0.2, -0.15) is 0 Å². The van der Waals surface area contributed by atoms with Gasteiger partial charge in [-0.1, -0.05) is 71.1 Å². The molecular weight excluding hydrogens is 431 g/mol. The number of aromatic nitrogens is 2. The zero-order valence-electron chi connectivity index (χ0n) is 20.1. The Kier molecular flexibility index (Phi) is 14.6. The highest BCUT2D eigenvalue weighted by atomic mass is 19.1. The van der Waals surface area contributed by atoms with E-state index in [1.807, 2.05) is 0 Å². The largest absolute Gasteiger partial charge is 0.481 e. The van der Waals surface area contributed by atoms with Crippen molar-refractivity contribution in [1.82, 2.24) is 9.55 Å². The van der Waals surface area contributed by atoms with E-state index in [1.54, 1.807) is 6.92 Å². The molecule has 0 bridgehead atoms. The number of ether oxygens (including phenoxy) is 1. The SMILES string of the molecule is CCCCCCCCCCCCCC(=O)O.Cc1cn([C@H]2C[C@H](F)[C@@H](CO)O2)c(=O)[nH]c1=O. The van der Waals surface area contributed by atoms with Crippen LogP contribution in [0.25, 0.3) is 0 Å². The lowest BCUT2D eigenvalue weighted by Crippen LogP contribution is -2.33. The first-order chi connectivity index (χ1) is 15.8. The molecule has 33 heavy (non-hydrogen) atoms. The number of hydrogen-bond acceptors (Lipinski definition) is 5. The van der Waals surface area contributed by atoms with E-state index in [2.05, 4.69) is 11.9 Å². The Morgan fingerprint density at radius 3 is 2.12 bits per heavy atom. The molecule has 0 amide bonds. The first kappa shape index (κ1) is 29.0.